The Bertz CT molecular complexity index is 740. The average molecular weight is 327 g/mol. The van der Waals surface area contributed by atoms with Gasteiger partial charge >= 0.3 is 6.03 Å². The van der Waals surface area contributed by atoms with E-state index in [2.05, 4.69) is 26.1 Å². The number of rotatable bonds is 6. The number of aromatic amines is 1. The van der Waals surface area contributed by atoms with Gasteiger partial charge in [-0.1, -0.05) is 24.3 Å². The molecule has 0 unspecified atom stereocenters. The van der Waals surface area contributed by atoms with E-state index in [0.29, 0.717) is 6.54 Å². The molecule has 2 heterocycles. The predicted octanol–water partition coefficient (Wildman–Crippen LogP) is 0.681. The van der Waals surface area contributed by atoms with E-state index in [1.54, 1.807) is 6.20 Å². The fraction of sp³-hybridized carbons (Fsp3) is 0.250. The van der Waals surface area contributed by atoms with Crippen molar-refractivity contribution in [3.63, 3.8) is 0 Å². The average Bonchev–Trinajstić information content (AvgIpc) is 3.21. The zero-order chi connectivity index (χ0) is 16.9. The van der Waals surface area contributed by atoms with Crippen LogP contribution in [0.2, 0.25) is 0 Å². The highest BCUT2D eigenvalue weighted by Crippen LogP contribution is 2.16. The Labute approximate surface area is 138 Å². The topological polar surface area (TPSA) is 116 Å². The number of imide groups is 1. The lowest BCUT2D eigenvalue weighted by molar-refractivity contribution is -0.122. The van der Waals surface area contributed by atoms with Crippen molar-refractivity contribution in [3.8, 4) is 11.3 Å². The number of H-pyrrole nitrogens is 1. The van der Waals surface area contributed by atoms with Gasteiger partial charge in [0.1, 0.15) is 6.04 Å². The van der Waals surface area contributed by atoms with Crippen molar-refractivity contribution in [2.45, 2.75) is 25.4 Å². The van der Waals surface area contributed by atoms with Crippen LogP contribution < -0.4 is 16.0 Å². The summed E-state index contributed by atoms with van der Waals surface area (Å²) in [5.41, 5.74) is 2.92. The Morgan fingerprint density at radius 3 is 2.58 bits per heavy atom. The highest BCUT2D eigenvalue weighted by atomic mass is 16.2. The zero-order valence-corrected chi connectivity index (χ0v) is 12.8. The molecule has 124 valence electrons. The zero-order valence-electron chi connectivity index (χ0n) is 12.8. The van der Waals surface area contributed by atoms with Crippen LogP contribution >= 0.6 is 0 Å². The van der Waals surface area contributed by atoms with Crippen LogP contribution in [0.4, 0.5) is 4.79 Å². The monoisotopic (exact) mass is 327 g/mol. The molecule has 1 saturated heterocycles. The van der Waals surface area contributed by atoms with Gasteiger partial charge in [-0.05, 0) is 23.6 Å². The van der Waals surface area contributed by atoms with Gasteiger partial charge in [0.25, 0.3) is 5.91 Å². The number of nitrogens with zero attached hydrogens (tertiary/aromatic N) is 1. The van der Waals surface area contributed by atoms with Gasteiger partial charge in [-0.2, -0.15) is 5.10 Å². The Kier molecular flexibility index (Phi) is 4.55. The summed E-state index contributed by atoms with van der Waals surface area (Å²) in [6.45, 7) is 0.408. The molecule has 0 bridgehead atoms. The smallest absolute Gasteiger partial charge is 0.322 e. The molecule has 1 aliphatic heterocycles. The van der Waals surface area contributed by atoms with E-state index in [1.807, 2.05) is 30.3 Å². The third-order valence-electron chi connectivity index (χ3n) is 3.77. The molecule has 1 atom stereocenters. The number of carbonyl (C=O) groups excluding carboxylic acids is 3. The highest BCUT2D eigenvalue weighted by Gasteiger charge is 2.29. The van der Waals surface area contributed by atoms with Gasteiger partial charge in [0, 0.05) is 19.2 Å². The van der Waals surface area contributed by atoms with E-state index in [4.69, 9.17) is 0 Å². The van der Waals surface area contributed by atoms with Crippen LogP contribution in [-0.2, 0) is 16.1 Å². The van der Waals surface area contributed by atoms with Crippen molar-refractivity contribution in [1.29, 1.82) is 0 Å². The normalized spacial score (nSPS) is 16.6. The third-order valence-corrected chi connectivity index (χ3v) is 3.77. The Morgan fingerprint density at radius 2 is 1.96 bits per heavy atom. The van der Waals surface area contributed by atoms with E-state index < -0.39 is 12.1 Å². The molecule has 8 nitrogen and oxygen atoms in total. The first-order valence-electron chi connectivity index (χ1n) is 7.58. The number of hydrogen-bond donors (Lipinski definition) is 4. The van der Waals surface area contributed by atoms with Crippen molar-refractivity contribution in [3.05, 3.63) is 42.1 Å². The number of amides is 4. The van der Waals surface area contributed by atoms with Gasteiger partial charge in [0.2, 0.25) is 5.91 Å². The molecule has 1 aliphatic rings. The number of hydrogen-bond acceptors (Lipinski definition) is 4. The van der Waals surface area contributed by atoms with Crippen LogP contribution in [0.3, 0.4) is 0 Å². The number of aromatic nitrogens is 2. The molecule has 3 rings (SSSR count). The van der Waals surface area contributed by atoms with Crippen LogP contribution in [0.5, 0.6) is 0 Å². The SMILES string of the molecule is O=C(CC[C@@H]1NC(=O)NC1=O)NCc1ccc(-c2ccn[nH]2)cc1. The minimum atomic E-state index is -0.628. The molecule has 24 heavy (non-hydrogen) atoms. The maximum absolute atomic E-state index is 11.8. The second-order valence-electron chi connectivity index (χ2n) is 5.50. The lowest BCUT2D eigenvalue weighted by atomic mass is 10.1. The van der Waals surface area contributed by atoms with E-state index in [9.17, 15) is 14.4 Å². The van der Waals surface area contributed by atoms with E-state index in [0.717, 1.165) is 16.8 Å². The fourth-order valence-corrected chi connectivity index (χ4v) is 2.45. The van der Waals surface area contributed by atoms with Gasteiger partial charge in [-0.3, -0.25) is 20.0 Å². The summed E-state index contributed by atoms with van der Waals surface area (Å²) >= 11 is 0. The molecule has 4 N–H and O–H groups in total. The largest absolute Gasteiger partial charge is 0.352 e. The summed E-state index contributed by atoms with van der Waals surface area (Å²) in [4.78, 5) is 34.2. The molecule has 0 spiro atoms. The molecule has 4 amide bonds. The van der Waals surface area contributed by atoms with Gasteiger partial charge < -0.3 is 10.6 Å². The van der Waals surface area contributed by atoms with Crippen molar-refractivity contribution < 1.29 is 14.4 Å². The molecule has 8 heteroatoms. The first-order chi connectivity index (χ1) is 11.6. The van der Waals surface area contributed by atoms with E-state index in [1.165, 1.54) is 0 Å². The molecule has 0 saturated carbocycles. The molecule has 0 radical (unpaired) electrons. The second kappa shape index (κ2) is 6.95. The Balaban J connectivity index is 1.44. The van der Waals surface area contributed by atoms with Crippen molar-refractivity contribution in [1.82, 2.24) is 26.1 Å². The van der Waals surface area contributed by atoms with Gasteiger partial charge in [-0.25, -0.2) is 4.79 Å². The lowest BCUT2D eigenvalue weighted by Crippen LogP contribution is -2.31. The van der Waals surface area contributed by atoms with E-state index >= 15 is 0 Å². The maximum Gasteiger partial charge on any atom is 0.322 e. The maximum atomic E-state index is 11.8. The Hall–Kier alpha value is -3.16. The molecular weight excluding hydrogens is 310 g/mol. The molecule has 1 aromatic heterocycles. The first kappa shape index (κ1) is 15.7. The summed E-state index contributed by atoms with van der Waals surface area (Å²) < 4.78 is 0. The van der Waals surface area contributed by atoms with Crippen molar-refractivity contribution in [2.75, 3.05) is 0 Å². The molecule has 1 fully saturated rings. The highest BCUT2D eigenvalue weighted by molar-refractivity contribution is 6.04. The summed E-state index contributed by atoms with van der Waals surface area (Å²) in [5.74, 6) is -0.552. The quantitative estimate of drug-likeness (QED) is 0.584. The van der Waals surface area contributed by atoms with Crippen LogP contribution in [0.25, 0.3) is 11.3 Å². The van der Waals surface area contributed by atoms with Gasteiger partial charge in [-0.15, -0.1) is 0 Å². The van der Waals surface area contributed by atoms with Crippen LogP contribution in [0, 0.1) is 0 Å². The number of benzene rings is 1. The number of nitrogens with one attached hydrogen (secondary N) is 4. The molecule has 1 aromatic carbocycles. The number of carbonyl (C=O) groups is 3. The second-order valence-corrected chi connectivity index (χ2v) is 5.50. The molecular formula is C16H17N5O3. The summed E-state index contributed by atoms with van der Waals surface area (Å²) in [5, 5.41) is 14.2. The standard InChI is InChI=1S/C16H17N5O3/c22-14(6-5-13-15(23)20-16(24)19-13)17-9-10-1-3-11(4-2-10)12-7-8-18-21-12/h1-4,7-8,13H,5-6,9H2,(H,17,22)(H,18,21)(H2,19,20,23,24)/t13-/m0/s1. The van der Waals surface area contributed by atoms with Crippen LogP contribution in [0.1, 0.15) is 18.4 Å². The predicted molar refractivity (Wildman–Crippen MR) is 85.6 cm³/mol. The summed E-state index contributed by atoms with van der Waals surface area (Å²) in [7, 11) is 0. The van der Waals surface area contributed by atoms with Gasteiger partial charge in [0.15, 0.2) is 0 Å². The molecule has 2 aromatic rings. The van der Waals surface area contributed by atoms with Gasteiger partial charge in [0.05, 0.1) is 5.69 Å². The first-order valence-corrected chi connectivity index (χ1v) is 7.58. The van der Waals surface area contributed by atoms with Crippen LogP contribution in [0.15, 0.2) is 36.5 Å². The third kappa shape index (κ3) is 3.78. The Morgan fingerprint density at radius 1 is 1.17 bits per heavy atom. The summed E-state index contributed by atoms with van der Waals surface area (Å²) in [6, 6.07) is 8.51. The molecule has 0 aliphatic carbocycles. The van der Waals surface area contributed by atoms with Crippen molar-refractivity contribution >= 4 is 17.8 Å². The summed E-state index contributed by atoms with van der Waals surface area (Å²) in [6.07, 6.45) is 2.14. The number of urea groups is 1. The minimum Gasteiger partial charge on any atom is -0.352 e. The van der Waals surface area contributed by atoms with E-state index in [-0.39, 0.29) is 24.7 Å². The minimum absolute atomic E-state index is 0.165. The van der Waals surface area contributed by atoms with Crippen molar-refractivity contribution in [2.24, 2.45) is 0 Å². The fourth-order valence-electron chi connectivity index (χ4n) is 2.45. The van der Waals surface area contributed by atoms with Crippen LogP contribution in [-0.4, -0.2) is 34.1 Å². The lowest BCUT2D eigenvalue weighted by Gasteiger charge is -2.08.